The average molecular weight is 500 g/mol. The van der Waals surface area contributed by atoms with Crippen LogP contribution in [0.25, 0.3) is 0 Å². The topological polar surface area (TPSA) is 131 Å². The van der Waals surface area contributed by atoms with Crippen LogP contribution in [0.2, 0.25) is 5.02 Å². The Kier molecular flexibility index (Phi) is 7.82. The first-order valence-electron chi connectivity index (χ1n) is 9.59. The standard InChI is InChI=1S/C19H22ClN5O5S2/c1-3-17(32(28,29)13-4-5-15(14(20)10-13)21-12(2)26)23-19-22-16(24-31-19)6-7-25-8-9-30-11-18(25)27/h3-5,10,17H,1,6-9,11H2,2H3,(H,21,26)(H,22,23,24). The third-order valence-corrected chi connectivity index (χ3v) is 7.44. The van der Waals surface area contributed by atoms with Crippen molar-refractivity contribution in [2.45, 2.75) is 23.6 Å². The number of benzene rings is 1. The minimum atomic E-state index is -3.90. The fraction of sp³-hybridized carbons (Fsp3) is 0.368. The van der Waals surface area contributed by atoms with Crippen molar-refractivity contribution in [3.8, 4) is 0 Å². The maximum absolute atomic E-state index is 13.0. The van der Waals surface area contributed by atoms with E-state index in [-0.39, 0.29) is 28.3 Å². The molecule has 0 bridgehead atoms. The number of nitrogens with one attached hydrogen (secondary N) is 2. The Morgan fingerprint density at radius 2 is 2.25 bits per heavy atom. The monoisotopic (exact) mass is 499 g/mol. The van der Waals surface area contributed by atoms with Crippen molar-refractivity contribution in [1.29, 1.82) is 0 Å². The SMILES string of the molecule is C=CC(Nc1nc(CCN2CCOCC2=O)ns1)S(=O)(=O)c1ccc(NC(C)=O)c(Cl)c1. The first kappa shape index (κ1) is 24.1. The summed E-state index contributed by atoms with van der Waals surface area (Å²) < 4.78 is 35.4. The van der Waals surface area contributed by atoms with Crippen LogP contribution in [0.3, 0.4) is 0 Å². The third-order valence-electron chi connectivity index (χ3n) is 4.55. The molecule has 1 saturated heterocycles. The summed E-state index contributed by atoms with van der Waals surface area (Å²) in [5.74, 6) is 0.101. The summed E-state index contributed by atoms with van der Waals surface area (Å²) in [6.07, 6.45) is 1.69. The van der Waals surface area contributed by atoms with Crippen molar-refractivity contribution < 1.29 is 22.7 Å². The van der Waals surface area contributed by atoms with Gasteiger partial charge < -0.3 is 20.3 Å². The van der Waals surface area contributed by atoms with Crippen LogP contribution in [0.15, 0.2) is 35.7 Å². The van der Waals surface area contributed by atoms with Gasteiger partial charge in [0.05, 0.1) is 22.2 Å². The molecule has 1 fully saturated rings. The van der Waals surface area contributed by atoms with Gasteiger partial charge >= 0.3 is 0 Å². The number of anilines is 2. The summed E-state index contributed by atoms with van der Waals surface area (Å²) in [6, 6.07) is 4.05. The number of morpholine rings is 1. The van der Waals surface area contributed by atoms with Crippen molar-refractivity contribution in [2.24, 2.45) is 0 Å². The Labute approximate surface area is 194 Å². The molecule has 0 spiro atoms. The molecule has 3 rings (SSSR count). The molecule has 32 heavy (non-hydrogen) atoms. The van der Waals surface area contributed by atoms with Gasteiger partial charge in [-0.2, -0.15) is 4.37 Å². The van der Waals surface area contributed by atoms with E-state index in [0.29, 0.717) is 42.8 Å². The lowest BCUT2D eigenvalue weighted by molar-refractivity contribution is -0.142. The Hall–Kier alpha value is -2.54. The lowest BCUT2D eigenvalue weighted by atomic mass is 10.3. The molecule has 1 aliphatic heterocycles. The van der Waals surface area contributed by atoms with E-state index >= 15 is 0 Å². The second kappa shape index (κ2) is 10.4. The predicted octanol–water partition coefficient (Wildman–Crippen LogP) is 1.95. The number of carbonyl (C=O) groups is 2. The number of carbonyl (C=O) groups excluding carboxylic acids is 2. The van der Waals surface area contributed by atoms with Crippen LogP contribution in [0.4, 0.5) is 10.8 Å². The van der Waals surface area contributed by atoms with Crippen molar-refractivity contribution >= 4 is 55.6 Å². The molecular formula is C19H22ClN5O5S2. The summed E-state index contributed by atoms with van der Waals surface area (Å²) in [5.41, 5.74) is 0.314. The molecular weight excluding hydrogens is 478 g/mol. The number of rotatable bonds is 9. The lowest BCUT2D eigenvalue weighted by Gasteiger charge is -2.26. The summed E-state index contributed by atoms with van der Waals surface area (Å²) in [7, 11) is -3.90. The van der Waals surface area contributed by atoms with E-state index in [1.54, 1.807) is 4.90 Å². The lowest BCUT2D eigenvalue weighted by Crippen LogP contribution is -2.42. The smallest absolute Gasteiger partial charge is 0.248 e. The highest BCUT2D eigenvalue weighted by molar-refractivity contribution is 7.92. The highest BCUT2D eigenvalue weighted by Crippen LogP contribution is 2.28. The van der Waals surface area contributed by atoms with Gasteiger partial charge in [-0.05, 0) is 18.2 Å². The van der Waals surface area contributed by atoms with Crippen LogP contribution in [0, 0.1) is 0 Å². The number of nitrogens with zero attached hydrogens (tertiary/aromatic N) is 3. The van der Waals surface area contributed by atoms with Crippen LogP contribution in [-0.2, 0) is 30.6 Å². The summed E-state index contributed by atoms with van der Waals surface area (Å²) in [6.45, 7) is 6.49. The maximum atomic E-state index is 13.0. The first-order chi connectivity index (χ1) is 15.2. The number of halogens is 1. The minimum absolute atomic E-state index is 0.0374. The average Bonchev–Trinajstić information content (AvgIpc) is 3.20. The number of amides is 2. The fourth-order valence-electron chi connectivity index (χ4n) is 2.93. The van der Waals surface area contributed by atoms with Crippen LogP contribution in [0.1, 0.15) is 12.7 Å². The molecule has 2 aromatic rings. The molecule has 172 valence electrons. The maximum Gasteiger partial charge on any atom is 0.248 e. The zero-order valence-corrected chi connectivity index (χ0v) is 19.6. The van der Waals surface area contributed by atoms with E-state index in [0.717, 1.165) is 11.5 Å². The third kappa shape index (κ3) is 5.82. The minimum Gasteiger partial charge on any atom is -0.370 e. The molecule has 0 radical (unpaired) electrons. The number of sulfone groups is 1. The van der Waals surface area contributed by atoms with Gasteiger partial charge in [0.1, 0.15) is 12.4 Å². The summed E-state index contributed by atoms with van der Waals surface area (Å²) in [4.78, 5) is 29.0. The van der Waals surface area contributed by atoms with Gasteiger partial charge in [-0.1, -0.05) is 24.3 Å². The van der Waals surface area contributed by atoms with Crippen molar-refractivity contribution in [3.63, 3.8) is 0 Å². The van der Waals surface area contributed by atoms with E-state index in [2.05, 4.69) is 26.6 Å². The Morgan fingerprint density at radius 1 is 1.47 bits per heavy atom. The number of ether oxygens (including phenoxy) is 1. The molecule has 1 aromatic heterocycles. The second-order valence-corrected chi connectivity index (χ2v) is 10.1. The van der Waals surface area contributed by atoms with Crippen LogP contribution in [-0.4, -0.2) is 66.2 Å². The predicted molar refractivity (Wildman–Crippen MR) is 122 cm³/mol. The van der Waals surface area contributed by atoms with Crippen LogP contribution < -0.4 is 10.6 Å². The molecule has 1 unspecified atom stereocenters. The van der Waals surface area contributed by atoms with Crippen molar-refractivity contribution in [2.75, 3.05) is 36.9 Å². The molecule has 1 aromatic carbocycles. The Bertz CT molecular complexity index is 1120. The van der Waals surface area contributed by atoms with Gasteiger partial charge in [-0.25, -0.2) is 13.4 Å². The Balaban J connectivity index is 1.68. The molecule has 0 saturated carbocycles. The molecule has 13 heteroatoms. The second-order valence-electron chi connectivity index (χ2n) is 6.87. The number of hydrogen-bond acceptors (Lipinski definition) is 9. The van der Waals surface area contributed by atoms with E-state index in [1.165, 1.54) is 31.2 Å². The van der Waals surface area contributed by atoms with Gasteiger partial charge in [0.2, 0.25) is 26.8 Å². The largest absolute Gasteiger partial charge is 0.370 e. The molecule has 0 aliphatic carbocycles. The fourth-order valence-corrected chi connectivity index (χ4v) is 5.30. The highest BCUT2D eigenvalue weighted by Gasteiger charge is 2.27. The van der Waals surface area contributed by atoms with Crippen molar-refractivity contribution in [1.82, 2.24) is 14.3 Å². The van der Waals surface area contributed by atoms with Gasteiger partial charge in [0.25, 0.3) is 0 Å². The summed E-state index contributed by atoms with van der Waals surface area (Å²) in [5, 5.41) is 4.58. The van der Waals surface area contributed by atoms with E-state index < -0.39 is 15.2 Å². The van der Waals surface area contributed by atoms with Gasteiger partial charge in [-0.15, -0.1) is 0 Å². The van der Waals surface area contributed by atoms with E-state index in [4.69, 9.17) is 16.3 Å². The van der Waals surface area contributed by atoms with E-state index in [1.807, 2.05) is 0 Å². The Morgan fingerprint density at radius 3 is 2.91 bits per heavy atom. The van der Waals surface area contributed by atoms with Gasteiger partial charge in [-0.3, -0.25) is 9.59 Å². The van der Waals surface area contributed by atoms with Gasteiger partial charge in [0, 0.05) is 38.0 Å². The quantitative estimate of drug-likeness (QED) is 0.500. The summed E-state index contributed by atoms with van der Waals surface area (Å²) >= 11 is 7.14. The number of hydrogen-bond donors (Lipinski definition) is 2. The van der Waals surface area contributed by atoms with Crippen LogP contribution >= 0.6 is 23.1 Å². The molecule has 2 N–H and O–H groups in total. The molecule has 2 heterocycles. The zero-order chi connectivity index (χ0) is 23.3. The van der Waals surface area contributed by atoms with E-state index in [9.17, 15) is 18.0 Å². The molecule has 1 aliphatic rings. The molecule has 10 nitrogen and oxygen atoms in total. The number of aromatic nitrogens is 2. The zero-order valence-electron chi connectivity index (χ0n) is 17.2. The molecule has 2 amide bonds. The normalized spacial score (nSPS) is 15.3. The van der Waals surface area contributed by atoms with Crippen molar-refractivity contribution in [3.05, 3.63) is 41.7 Å². The van der Waals surface area contributed by atoms with Gasteiger partial charge in [0.15, 0.2) is 5.37 Å². The van der Waals surface area contributed by atoms with Crippen LogP contribution in [0.5, 0.6) is 0 Å². The molecule has 1 atom stereocenters. The highest BCUT2D eigenvalue weighted by atomic mass is 35.5. The first-order valence-corrected chi connectivity index (χ1v) is 12.3.